The molecule has 2 saturated carbocycles. The SMILES string of the molecule is CC(=N)c1ccc(CNC(=O)[C@H](C)NC(=O)[C@@H]2CC[C@@H](c3ccccc3)C2)c(Cl)c1.CC(C)(C)OC(=O)NC(=N)c1ccc(CN)c(Cl)c1.C[C@H](NC(=O)[C@@H]1CC[C@@H](c2ccccc2)C1)C(=O)O. The molecule has 4 aromatic rings. The molecule has 68 heavy (non-hydrogen) atoms. The number of nitrogens with one attached hydrogen (secondary N) is 6. The van der Waals surface area contributed by atoms with Crippen molar-refractivity contribution in [1.82, 2.24) is 21.3 Å². The zero-order valence-electron chi connectivity index (χ0n) is 39.6. The van der Waals surface area contributed by atoms with E-state index in [1.807, 2.05) is 48.5 Å². The number of carboxylic acid groups (broad SMARTS) is 1. The Morgan fingerprint density at radius 1 is 0.721 bits per heavy atom. The second-order valence-corrected chi connectivity index (χ2v) is 19.0. The quantitative estimate of drug-likeness (QED) is 0.0474. The Bertz CT molecular complexity index is 2390. The number of benzene rings is 4. The summed E-state index contributed by atoms with van der Waals surface area (Å²) in [6, 6.07) is 29.4. The van der Waals surface area contributed by atoms with Gasteiger partial charge in [0.1, 0.15) is 23.5 Å². The third-order valence-electron chi connectivity index (χ3n) is 11.8. The van der Waals surface area contributed by atoms with Crippen LogP contribution in [-0.2, 0) is 37.0 Å². The van der Waals surface area contributed by atoms with Gasteiger partial charge in [-0.05, 0) is 132 Å². The molecule has 2 aliphatic carbocycles. The van der Waals surface area contributed by atoms with Crippen molar-refractivity contribution in [1.29, 1.82) is 10.8 Å². The summed E-state index contributed by atoms with van der Waals surface area (Å²) < 4.78 is 5.06. The van der Waals surface area contributed by atoms with Crippen LogP contribution in [0, 0.1) is 22.7 Å². The summed E-state index contributed by atoms with van der Waals surface area (Å²) in [5, 5.41) is 35.8. The molecule has 2 fully saturated rings. The Kier molecular flexibility index (Phi) is 20.7. The first kappa shape index (κ1) is 54.5. The fraction of sp³-hybridized carbons (Fsp3) is 0.404. The first-order valence-electron chi connectivity index (χ1n) is 22.8. The van der Waals surface area contributed by atoms with Gasteiger partial charge in [0.15, 0.2) is 0 Å². The molecule has 0 radical (unpaired) electrons. The lowest BCUT2D eigenvalue weighted by Gasteiger charge is -2.19. The second-order valence-electron chi connectivity index (χ2n) is 18.2. The van der Waals surface area contributed by atoms with Crippen LogP contribution in [0.4, 0.5) is 4.79 Å². The summed E-state index contributed by atoms with van der Waals surface area (Å²) in [7, 11) is 0. The molecule has 0 bridgehead atoms. The van der Waals surface area contributed by atoms with Crippen molar-refractivity contribution in [2.24, 2.45) is 17.6 Å². The molecule has 0 heterocycles. The van der Waals surface area contributed by atoms with Gasteiger partial charge in [0, 0.05) is 46.2 Å². The van der Waals surface area contributed by atoms with Gasteiger partial charge in [-0.3, -0.25) is 29.9 Å². The number of carbonyl (C=O) groups excluding carboxylic acids is 4. The van der Waals surface area contributed by atoms with E-state index in [0.717, 1.165) is 55.2 Å². The van der Waals surface area contributed by atoms with E-state index >= 15 is 0 Å². The highest BCUT2D eigenvalue weighted by Crippen LogP contribution is 2.39. The van der Waals surface area contributed by atoms with Gasteiger partial charge in [-0.2, -0.15) is 0 Å². The predicted octanol–water partition coefficient (Wildman–Crippen LogP) is 9.24. The second kappa shape index (κ2) is 25.9. The minimum atomic E-state index is -0.994. The standard InChI is InChI=1S/C24H28ClN3O2.C15H19NO3.C13H18ClN3O2/c1-15(26)18-8-11-21(22(25)13-18)14-27-23(29)16(2)28-24(30)20-10-9-19(12-20)17-6-4-3-5-7-17;1-10(15(18)19)16-14(17)13-8-7-12(9-13)11-5-3-2-4-6-11;1-13(2,3)19-12(18)17-11(16)8-4-5-9(7-15)10(14)6-8/h3-8,11,13,16,19-20,26H,9-10,12,14H2,1-2H3,(H,27,29)(H,28,30);2-6,10,12-13H,7-9H2,1H3,(H,16,17)(H,18,19);4-6H,7,15H2,1-3H3,(H2,16,17,18)/t16-,19+,20+;10-,12+,13+;/m00./s1. The lowest BCUT2D eigenvalue weighted by molar-refractivity contribution is -0.141. The highest BCUT2D eigenvalue weighted by Gasteiger charge is 2.33. The van der Waals surface area contributed by atoms with Crippen LogP contribution in [0.25, 0.3) is 0 Å². The van der Waals surface area contributed by atoms with Gasteiger partial charge in [0.25, 0.3) is 0 Å². The van der Waals surface area contributed by atoms with Crippen molar-refractivity contribution in [3.63, 3.8) is 0 Å². The molecule has 6 rings (SSSR count). The molecule has 0 aliphatic heterocycles. The summed E-state index contributed by atoms with van der Waals surface area (Å²) in [6.07, 6.45) is 4.61. The van der Waals surface area contributed by atoms with Gasteiger partial charge in [-0.25, -0.2) is 4.79 Å². The predicted molar refractivity (Wildman–Crippen MR) is 267 cm³/mol. The van der Waals surface area contributed by atoms with Crippen LogP contribution < -0.4 is 27.0 Å². The van der Waals surface area contributed by atoms with E-state index in [1.54, 1.807) is 58.9 Å². The van der Waals surface area contributed by atoms with Crippen LogP contribution in [0.3, 0.4) is 0 Å². The van der Waals surface area contributed by atoms with Crippen LogP contribution in [-0.4, -0.2) is 64.1 Å². The summed E-state index contributed by atoms with van der Waals surface area (Å²) in [5.74, 6) is -0.801. The highest BCUT2D eigenvalue weighted by molar-refractivity contribution is 6.32. The minimum Gasteiger partial charge on any atom is -0.480 e. The molecule has 14 nitrogen and oxygen atoms in total. The number of halogens is 2. The number of nitrogens with two attached hydrogens (primary N) is 1. The Morgan fingerprint density at radius 2 is 1.19 bits per heavy atom. The lowest BCUT2D eigenvalue weighted by Crippen LogP contribution is -2.46. The molecule has 16 heteroatoms. The number of ether oxygens (including phenoxy) is 1. The Morgan fingerprint density at radius 3 is 1.65 bits per heavy atom. The minimum absolute atomic E-state index is 0.0556. The average Bonchev–Trinajstić information content (AvgIpc) is 4.01. The molecular weight excluding hydrogens is 906 g/mol. The summed E-state index contributed by atoms with van der Waals surface area (Å²) >= 11 is 12.2. The van der Waals surface area contributed by atoms with Crippen LogP contribution in [0.5, 0.6) is 0 Å². The first-order chi connectivity index (χ1) is 32.1. The van der Waals surface area contributed by atoms with Crippen LogP contribution in [0.15, 0.2) is 97.1 Å². The third-order valence-corrected chi connectivity index (χ3v) is 12.5. The molecule has 2 aliphatic rings. The number of alkyl carbamates (subject to hydrolysis) is 1. The molecule has 4 aromatic carbocycles. The number of amidine groups is 1. The molecule has 364 valence electrons. The Balaban J connectivity index is 0.000000233. The summed E-state index contributed by atoms with van der Waals surface area (Å²) in [6.45, 7) is 10.7. The van der Waals surface area contributed by atoms with Crippen molar-refractivity contribution >= 4 is 64.5 Å². The molecule has 0 aromatic heterocycles. The highest BCUT2D eigenvalue weighted by atomic mass is 35.5. The molecule has 0 saturated heterocycles. The van der Waals surface area contributed by atoms with Crippen molar-refractivity contribution < 1.29 is 33.8 Å². The molecule has 6 atom stereocenters. The molecule has 4 amide bonds. The Labute approximate surface area is 409 Å². The fourth-order valence-electron chi connectivity index (χ4n) is 7.89. The van der Waals surface area contributed by atoms with Crippen molar-refractivity contribution in [2.45, 2.75) is 123 Å². The number of carbonyl (C=O) groups is 5. The van der Waals surface area contributed by atoms with E-state index in [0.29, 0.717) is 39.7 Å². The van der Waals surface area contributed by atoms with E-state index in [4.69, 9.17) is 49.6 Å². The number of hydrogen-bond donors (Lipinski definition) is 8. The summed E-state index contributed by atoms with van der Waals surface area (Å²) in [5.41, 5.74) is 10.7. The van der Waals surface area contributed by atoms with E-state index in [-0.39, 0.29) is 41.9 Å². The monoisotopic (exact) mass is 969 g/mol. The van der Waals surface area contributed by atoms with Gasteiger partial charge >= 0.3 is 12.1 Å². The lowest BCUT2D eigenvalue weighted by atomic mass is 9.96. The van der Waals surface area contributed by atoms with Crippen molar-refractivity contribution in [3.8, 4) is 0 Å². The van der Waals surface area contributed by atoms with Crippen LogP contribution in [0.2, 0.25) is 10.0 Å². The topological polar surface area (TPSA) is 237 Å². The molecule has 0 unspecified atom stereocenters. The van der Waals surface area contributed by atoms with Crippen LogP contribution in [0.1, 0.15) is 125 Å². The van der Waals surface area contributed by atoms with Gasteiger partial charge < -0.3 is 36.9 Å². The third kappa shape index (κ3) is 17.2. The van der Waals surface area contributed by atoms with E-state index < -0.39 is 29.7 Å². The number of amides is 4. The largest absolute Gasteiger partial charge is 0.480 e. The van der Waals surface area contributed by atoms with E-state index in [9.17, 15) is 24.0 Å². The fourth-order valence-corrected chi connectivity index (χ4v) is 8.40. The zero-order valence-corrected chi connectivity index (χ0v) is 41.1. The number of aliphatic carboxylic acids is 1. The average molecular weight is 971 g/mol. The zero-order chi connectivity index (χ0) is 50.1. The van der Waals surface area contributed by atoms with Crippen molar-refractivity contribution in [3.05, 3.63) is 140 Å². The normalized spacial score (nSPS) is 18.2. The maximum Gasteiger partial charge on any atom is 0.413 e. The maximum absolute atomic E-state index is 12.6. The number of rotatable bonds is 13. The first-order valence-corrected chi connectivity index (χ1v) is 23.5. The smallest absolute Gasteiger partial charge is 0.413 e. The van der Waals surface area contributed by atoms with Crippen molar-refractivity contribution in [2.75, 3.05) is 0 Å². The number of carboxylic acids is 1. The van der Waals surface area contributed by atoms with Gasteiger partial charge in [0.05, 0.1) is 0 Å². The van der Waals surface area contributed by atoms with Crippen LogP contribution >= 0.6 is 23.2 Å². The molecule has 0 spiro atoms. The van der Waals surface area contributed by atoms with Gasteiger partial charge in [-0.1, -0.05) is 108 Å². The number of hydrogen-bond acceptors (Lipinski definition) is 9. The van der Waals surface area contributed by atoms with Gasteiger partial charge in [-0.15, -0.1) is 0 Å². The maximum atomic E-state index is 12.6. The van der Waals surface area contributed by atoms with Gasteiger partial charge in [0.2, 0.25) is 17.7 Å². The molecular formula is C52H65Cl2N7O7. The molecule has 9 N–H and O–H groups in total. The summed E-state index contributed by atoms with van der Waals surface area (Å²) in [4.78, 5) is 59.3. The van der Waals surface area contributed by atoms with E-state index in [1.165, 1.54) is 18.1 Å². The Hall–Kier alpha value is -6.09. The van der Waals surface area contributed by atoms with E-state index in [2.05, 4.69) is 45.5 Å².